The first-order valence-electron chi connectivity index (χ1n) is 13.5. The fourth-order valence-electron chi connectivity index (χ4n) is 6.98. The fraction of sp³-hybridized carbons (Fsp3) is 0.889. The van der Waals surface area contributed by atoms with Crippen molar-refractivity contribution in [3.05, 3.63) is 0 Å². The van der Waals surface area contributed by atoms with Gasteiger partial charge in [-0.25, -0.2) is 0 Å². The SMILES string of the molecule is CCCNC(=O)[C@H]1[C@H]2C(=O)N([C@@H](CO)[C@@H](C)CC)C(C(=O)NC(C)(C)CC(C)(C)C)C23CC(Br)[C@@H]1S3. The van der Waals surface area contributed by atoms with E-state index in [9.17, 15) is 19.5 Å². The van der Waals surface area contributed by atoms with Gasteiger partial charge in [0.1, 0.15) is 6.04 Å². The molecule has 3 unspecified atom stereocenters. The van der Waals surface area contributed by atoms with E-state index >= 15 is 0 Å². The van der Waals surface area contributed by atoms with Crippen molar-refractivity contribution in [3.63, 3.8) is 0 Å². The van der Waals surface area contributed by atoms with Crippen LogP contribution in [0.4, 0.5) is 0 Å². The van der Waals surface area contributed by atoms with Gasteiger partial charge >= 0.3 is 0 Å². The molecule has 0 aromatic carbocycles. The molecule has 0 radical (unpaired) electrons. The zero-order valence-corrected chi connectivity index (χ0v) is 25.6. The fourth-order valence-corrected chi connectivity index (χ4v) is 10.6. The first-order valence-corrected chi connectivity index (χ1v) is 15.3. The highest BCUT2D eigenvalue weighted by Crippen LogP contribution is 2.68. The monoisotopic (exact) mass is 587 g/mol. The van der Waals surface area contributed by atoms with Crippen LogP contribution in [0, 0.1) is 23.2 Å². The summed E-state index contributed by atoms with van der Waals surface area (Å²) in [4.78, 5) is 43.5. The van der Waals surface area contributed by atoms with Gasteiger partial charge in [0.15, 0.2) is 0 Å². The number of halogens is 1. The Morgan fingerprint density at radius 1 is 1.22 bits per heavy atom. The predicted molar refractivity (Wildman–Crippen MR) is 149 cm³/mol. The molecular weight excluding hydrogens is 542 g/mol. The molecule has 7 nitrogen and oxygen atoms in total. The highest BCUT2D eigenvalue weighted by Gasteiger charge is 2.76. The lowest BCUT2D eigenvalue weighted by Crippen LogP contribution is -2.61. The number of alkyl halides is 1. The van der Waals surface area contributed by atoms with Crippen molar-refractivity contribution >= 4 is 45.4 Å². The predicted octanol–water partition coefficient (Wildman–Crippen LogP) is 3.72. The molecule has 1 spiro atoms. The summed E-state index contributed by atoms with van der Waals surface area (Å²) in [7, 11) is 0. The Morgan fingerprint density at radius 2 is 1.86 bits per heavy atom. The second-order valence-corrected chi connectivity index (χ2v) is 15.7. The van der Waals surface area contributed by atoms with Crippen LogP contribution in [0.25, 0.3) is 0 Å². The van der Waals surface area contributed by atoms with Crippen molar-refractivity contribution < 1.29 is 19.5 Å². The van der Waals surface area contributed by atoms with Gasteiger partial charge in [-0.3, -0.25) is 14.4 Å². The molecule has 3 N–H and O–H groups in total. The zero-order chi connectivity index (χ0) is 27.2. The maximum atomic E-state index is 14.2. The van der Waals surface area contributed by atoms with E-state index < -0.39 is 34.2 Å². The molecule has 0 aromatic rings. The van der Waals surface area contributed by atoms with Crippen molar-refractivity contribution in [2.75, 3.05) is 13.2 Å². The van der Waals surface area contributed by atoms with E-state index in [1.165, 1.54) is 0 Å². The van der Waals surface area contributed by atoms with E-state index in [0.717, 1.165) is 19.3 Å². The van der Waals surface area contributed by atoms with Crippen LogP contribution in [0.3, 0.4) is 0 Å². The van der Waals surface area contributed by atoms with Gasteiger partial charge in [0.2, 0.25) is 17.7 Å². The molecule has 2 bridgehead atoms. The van der Waals surface area contributed by atoms with Crippen LogP contribution >= 0.6 is 27.7 Å². The van der Waals surface area contributed by atoms with Crippen LogP contribution < -0.4 is 10.6 Å². The van der Waals surface area contributed by atoms with Crippen LogP contribution in [0.1, 0.15) is 81.1 Å². The summed E-state index contributed by atoms with van der Waals surface area (Å²) in [5.74, 6) is -1.49. The minimum absolute atomic E-state index is 0.0110. The Balaban J connectivity index is 2.07. The Hall–Kier alpha value is -0.800. The van der Waals surface area contributed by atoms with Crippen LogP contribution in [-0.2, 0) is 14.4 Å². The number of aliphatic hydroxyl groups is 1. The van der Waals surface area contributed by atoms with E-state index in [2.05, 4.69) is 47.3 Å². The number of amides is 3. The number of likely N-dealkylation sites (tertiary alicyclic amines) is 1. The van der Waals surface area contributed by atoms with Gasteiger partial charge in [-0.15, -0.1) is 11.8 Å². The summed E-state index contributed by atoms with van der Waals surface area (Å²) in [6, 6.07) is -1.21. The minimum atomic E-state index is -0.737. The summed E-state index contributed by atoms with van der Waals surface area (Å²) in [5, 5.41) is 16.7. The molecule has 3 heterocycles. The van der Waals surface area contributed by atoms with E-state index in [0.29, 0.717) is 13.0 Å². The highest BCUT2D eigenvalue weighted by atomic mass is 79.9. The maximum Gasteiger partial charge on any atom is 0.244 e. The van der Waals surface area contributed by atoms with Crippen LogP contribution in [-0.4, -0.2) is 73.3 Å². The Kier molecular flexibility index (Phi) is 8.89. The van der Waals surface area contributed by atoms with Crippen LogP contribution in [0.5, 0.6) is 0 Å². The van der Waals surface area contributed by atoms with Gasteiger partial charge in [-0.05, 0) is 44.4 Å². The molecule has 0 saturated carbocycles. The standard InChI is InChI=1S/C27H46BrN3O4S/c1-9-11-29-22(33)18-19-24(35)31(17(13-32)15(3)10-2)21(27(19)12-16(28)20(18)36-27)23(34)30-26(7,8)14-25(4,5)6/h15-21,32H,9-14H2,1-8H3,(H,29,33)(H,30,34)/t15-,16?,17-,18-,19-,20-,21?,27?/m0/s1. The smallest absolute Gasteiger partial charge is 0.244 e. The second-order valence-electron chi connectivity index (χ2n) is 12.9. The molecule has 3 saturated heterocycles. The van der Waals surface area contributed by atoms with E-state index in [4.69, 9.17) is 0 Å². The second kappa shape index (κ2) is 10.8. The molecule has 0 aromatic heterocycles. The summed E-state index contributed by atoms with van der Waals surface area (Å²) >= 11 is 5.45. The molecule has 8 atom stereocenters. The molecular formula is C27H46BrN3O4S. The lowest BCUT2D eigenvalue weighted by atomic mass is 9.70. The number of thioether (sulfide) groups is 1. The molecule has 3 fully saturated rings. The molecule has 9 heteroatoms. The summed E-state index contributed by atoms with van der Waals surface area (Å²) < 4.78 is -0.701. The van der Waals surface area contributed by atoms with Crippen molar-refractivity contribution in [3.8, 4) is 0 Å². The molecule has 0 aliphatic carbocycles. The highest BCUT2D eigenvalue weighted by molar-refractivity contribution is 9.09. The van der Waals surface area contributed by atoms with E-state index in [-0.39, 0.29) is 45.7 Å². The number of carbonyl (C=O) groups excluding carboxylic acids is 3. The number of hydrogen-bond acceptors (Lipinski definition) is 5. The largest absolute Gasteiger partial charge is 0.394 e. The van der Waals surface area contributed by atoms with Gasteiger partial charge in [0.25, 0.3) is 0 Å². The van der Waals surface area contributed by atoms with Gasteiger partial charge in [-0.1, -0.05) is 63.9 Å². The third kappa shape index (κ3) is 5.35. The Bertz CT molecular complexity index is 862. The lowest BCUT2D eigenvalue weighted by molar-refractivity contribution is -0.144. The molecule has 3 amide bonds. The Morgan fingerprint density at radius 3 is 2.39 bits per heavy atom. The minimum Gasteiger partial charge on any atom is -0.394 e. The number of nitrogens with zero attached hydrogens (tertiary/aromatic N) is 1. The number of carbonyl (C=O) groups is 3. The number of fused-ring (bicyclic) bond motifs is 1. The summed E-state index contributed by atoms with van der Waals surface area (Å²) in [5.41, 5.74) is -0.464. The van der Waals surface area contributed by atoms with Crippen LogP contribution in [0.15, 0.2) is 0 Å². The van der Waals surface area contributed by atoms with Crippen molar-refractivity contribution in [1.82, 2.24) is 15.5 Å². The molecule has 3 aliphatic heterocycles. The lowest BCUT2D eigenvalue weighted by Gasteiger charge is -2.41. The quantitative estimate of drug-likeness (QED) is 0.338. The Labute approximate surface area is 229 Å². The maximum absolute atomic E-state index is 14.2. The van der Waals surface area contributed by atoms with Crippen molar-refractivity contribution in [2.24, 2.45) is 23.2 Å². The molecule has 3 rings (SSSR count). The third-order valence-electron chi connectivity index (χ3n) is 8.11. The van der Waals surface area contributed by atoms with Crippen molar-refractivity contribution in [2.45, 2.75) is 114 Å². The number of rotatable bonds is 10. The van der Waals surface area contributed by atoms with Gasteiger partial charge in [0, 0.05) is 22.2 Å². The van der Waals surface area contributed by atoms with E-state index in [1.54, 1.807) is 16.7 Å². The summed E-state index contributed by atoms with van der Waals surface area (Å²) in [6.45, 7) is 16.9. The van der Waals surface area contributed by atoms with E-state index in [1.807, 2.05) is 34.6 Å². The number of aliphatic hydroxyl groups excluding tert-OH is 1. The normalized spacial score (nSPS) is 33.4. The number of nitrogens with one attached hydrogen (secondary N) is 2. The molecule has 36 heavy (non-hydrogen) atoms. The first kappa shape index (κ1) is 29.8. The molecule has 3 aliphatic rings. The van der Waals surface area contributed by atoms with Gasteiger partial charge in [-0.2, -0.15) is 0 Å². The topological polar surface area (TPSA) is 98.7 Å². The van der Waals surface area contributed by atoms with Crippen molar-refractivity contribution in [1.29, 1.82) is 0 Å². The number of hydrogen-bond donors (Lipinski definition) is 3. The van der Waals surface area contributed by atoms with Gasteiger partial charge < -0.3 is 20.6 Å². The zero-order valence-electron chi connectivity index (χ0n) is 23.2. The molecule has 206 valence electrons. The van der Waals surface area contributed by atoms with Crippen LogP contribution in [0.2, 0.25) is 0 Å². The third-order valence-corrected chi connectivity index (χ3v) is 11.3. The average molecular weight is 589 g/mol. The van der Waals surface area contributed by atoms with Gasteiger partial charge in [0.05, 0.1) is 29.2 Å². The summed E-state index contributed by atoms with van der Waals surface area (Å²) in [6.07, 6.45) is 3.01. The first-order chi connectivity index (χ1) is 16.6. The average Bonchev–Trinajstić information content (AvgIpc) is 3.34.